The Labute approximate surface area is 145 Å². The molecular formula is C21H20F3N. The third-order valence-electron chi connectivity index (χ3n) is 5.33. The summed E-state index contributed by atoms with van der Waals surface area (Å²) in [6.07, 6.45) is 5.64. The van der Waals surface area contributed by atoms with Crippen LogP contribution in [0.4, 0.5) is 13.2 Å². The van der Waals surface area contributed by atoms with Crippen molar-refractivity contribution in [3.63, 3.8) is 0 Å². The Morgan fingerprint density at radius 1 is 0.920 bits per heavy atom. The van der Waals surface area contributed by atoms with Gasteiger partial charge < -0.3 is 0 Å². The number of fused-ring (bicyclic) bond motifs is 2. The van der Waals surface area contributed by atoms with Crippen LogP contribution in [-0.4, -0.2) is 17.0 Å². The second-order valence-corrected chi connectivity index (χ2v) is 7.02. The first-order valence-electron chi connectivity index (χ1n) is 8.73. The van der Waals surface area contributed by atoms with Gasteiger partial charge in [-0.25, -0.2) is 13.2 Å². The van der Waals surface area contributed by atoms with Gasteiger partial charge >= 0.3 is 0 Å². The predicted molar refractivity (Wildman–Crippen MR) is 91.5 cm³/mol. The monoisotopic (exact) mass is 343 g/mol. The summed E-state index contributed by atoms with van der Waals surface area (Å²) in [6, 6.07) is 12.8. The Balaban J connectivity index is 1.51. The molecule has 2 aromatic rings. The van der Waals surface area contributed by atoms with E-state index in [1.807, 2.05) is 18.2 Å². The lowest BCUT2D eigenvalue weighted by Gasteiger charge is -2.34. The summed E-state index contributed by atoms with van der Waals surface area (Å²) in [5.41, 5.74) is 2.66. The lowest BCUT2D eigenvalue weighted by atomic mass is 9.94. The third-order valence-corrected chi connectivity index (χ3v) is 5.33. The minimum absolute atomic E-state index is 0.237. The van der Waals surface area contributed by atoms with Gasteiger partial charge in [0.15, 0.2) is 11.6 Å². The van der Waals surface area contributed by atoms with Gasteiger partial charge in [0.2, 0.25) is 0 Å². The molecule has 0 saturated carbocycles. The summed E-state index contributed by atoms with van der Waals surface area (Å²) in [7, 11) is 0. The zero-order valence-corrected chi connectivity index (χ0v) is 13.9. The predicted octanol–water partition coefficient (Wildman–Crippen LogP) is 5.01. The summed E-state index contributed by atoms with van der Waals surface area (Å²) in [5, 5.41) is 0. The van der Waals surface area contributed by atoms with Crippen molar-refractivity contribution in [3.05, 3.63) is 82.7 Å². The van der Waals surface area contributed by atoms with Crippen LogP contribution < -0.4 is 0 Å². The minimum atomic E-state index is -1.13. The number of hydrogen-bond acceptors (Lipinski definition) is 1. The van der Waals surface area contributed by atoms with Gasteiger partial charge in [0.25, 0.3) is 0 Å². The average molecular weight is 343 g/mol. The van der Waals surface area contributed by atoms with Crippen LogP contribution in [0, 0.1) is 17.5 Å². The SMILES string of the molecule is Fc1cc(F)c(CC2=CC3CCC(C2)N3Cc2ccccc2)cc1F. The number of benzene rings is 2. The largest absolute Gasteiger partial charge is 0.289 e. The fourth-order valence-corrected chi connectivity index (χ4v) is 4.12. The van der Waals surface area contributed by atoms with Crippen molar-refractivity contribution in [2.24, 2.45) is 0 Å². The molecule has 0 aliphatic carbocycles. The topological polar surface area (TPSA) is 3.24 Å². The molecule has 0 N–H and O–H groups in total. The highest BCUT2D eigenvalue weighted by Gasteiger charge is 2.36. The normalized spacial score (nSPS) is 22.9. The van der Waals surface area contributed by atoms with Crippen LogP contribution in [0.2, 0.25) is 0 Å². The third kappa shape index (κ3) is 3.36. The second-order valence-electron chi connectivity index (χ2n) is 7.02. The number of rotatable bonds is 4. The average Bonchev–Trinajstić information content (AvgIpc) is 2.83. The molecule has 2 bridgehead atoms. The molecule has 0 aromatic heterocycles. The fraction of sp³-hybridized carbons (Fsp3) is 0.333. The summed E-state index contributed by atoms with van der Waals surface area (Å²) < 4.78 is 40.4. The Morgan fingerprint density at radius 2 is 1.68 bits per heavy atom. The summed E-state index contributed by atoms with van der Waals surface area (Å²) in [6.45, 7) is 0.916. The fourth-order valence-electron chi connectivity index (χ4n) is 4.12. The molecule has 2 atom stereocenters. The molecule has 2 unspecified atom stereocenters. The van der Waals surface area contributed by atoms with Gasteiger partial charge in [0.1, 0.15) is 5.82 Å². The van der Waals surface area contributed by atoms with E-state index in [2.05, 4.69) is 23.1 Å². The van der Waals surface area contributed by atoms with Crippen LogP contribution in [0.25, 0.3) is 0 Å². The Kier molecular flexibility index (Phi) is 4.38. The van der Waals surface area contributed by atoms with Crippen molar-refractivity contribution >= 4 is 0 Å². The van der Waals surface area contributed by atoms with Crippen molar-refractivity contribution in [3.8, 4) is 0 Å². The molecule has 1 fully saturated rings. The van der Waals surface area contributed by atoms with Crippen LogP contribution in [-0.2, 0) is 13.0 Å². The zero-order valence-electron chi connectivity index (χ0n) is 13.9. The van der Waals surface area contributed by atoms with Crippen LogP contribution >= 0.6 is 0 Å². The number of hydrogen-bond donors (Lipinski definition) is 0. The Bertz CT molecular complexity index is 800. The lowest BCUT2D eigenvalue weighted by molar-refractivity contribution is 0.194. The Morgan fingerprint density at radius 3 is 2.44 bits per heavy atom. The van der Waals surface area contributed by atoms with Gasteiger partial charge in [-0.05, 0) is 42.9 Å². The van der Waals surface area contributed by atoms with E-state index in [1.54, 1.807) is 0 Å². The molecular weight excluding hydrogens is 323 g/mol. The van der Waals surface area contributed by atoms with E-state index >= 15 is 0 Å². The number of nitrogens with zero attached hydrogens (tertiary/aromatic N) is 1. The van der Waals surface area contributed by atoms with Crippen molar-refractivity contribution in [2.45, 2.75) is 44.3 Å². The van der Waals surface area contributed by atoms with Crippen molar-refractivity contribution < 1.29 is 13.2 Å². The molecule has 2 aliphatic heterocycles. The molecule has 1 nitrogen and oxygen atoms in total. The van der Waals surface area contributed by atoms with E-state index < -0.39 is 17.5 Å². The smallest absolute Gasteiger partial charge is 0.161 e. The molecule has 0 amide bonds. The standard InChI is InChI=1S/C21H20F3N/c22-19-12-21(24)20(23)11-16(19)8-15-9-17-6-7-18(10-15)25(17)13-14-4-2-1-3-5-14/h1-5,9,11-12,17-18H,6-8,10,13H2. The first-order chi connectivity index (χ1) is 12.1. The quantitative estimate of drug-likeness (QED) is 0.557. The maximum absolute atomic E-state index is 13.9. The molecule has 2 heterocycles. The van der Waals surface area contributed by atoms with Crippen molar-refractivity contribution in [1.82, 2.24) is 4.90 Å². The molecule has 130 valence electrons. The highest BCUT2D eigenvalue weighted by atomic mass is 19.2. The molecule has 2 aromatic carbocycles. The van der Waals surface area contributed by atoms with E-state index in [1.165, 1.54) is 5.56 Å². The van der Waals surface area contributed by atoms with Crippen LogP contribution in [0.1, 0.15) is 30.4 Å². The van der Waals surface area contributed by atoms with Gasteiger partial charge in [-0.1, -0.05) is 42.0 Å². The van der Waals surface area contributed by atoms with E-state index in [9.17, 15) is 13.2 Å². The molecule has 25 heavy (non-hydrogen) atoms. The summed E-state index contributed by atoms with van der Waals surface area (Å²) >= 11 is 0. The molecule has 2 aliphatic rings. The van der Waals surface area contributed by atoms with E-state index in [-0.39, 0.29) is 5.56 Å². The first-order valence-corrected chi connectivity index (χ1v) is 8.73. The minimum Gasteiger partial charge on any atom is -0.289 e. The van der Waals surface area contributed by atoms with Gasteiger partial charge in [0, 0.05) is 24.7 Å². The van der Waals surface area contributed by atoms with Gasteiger partial charge in [-0.3, -0.25) is 4.90 Å². The molecule has 4 heteroatoms. The highest BCUT2D eigenvalue weighted by Crippen LogP contribution is 2.37. The summed E-state index contributed by atoms with van der Waals surface area (Å²) in [5.74, 6) is -2.78. The highest BCUT2D eigenvalue weighted by molar-refractivity contribution is 5.29. The lowest BCUT2D eigenvalue weighted by Crippen LogP contribution is -2.38. The molecule has 0 spiro atoms. The molecule has 0 radical (unpaired) electrons. The van der Waals surface area contributed by atoms with Gasteiger partial charge in [0.05, 0.1) is 0 Å². The zero-order chi connectivity index (χ0) is 17.4. The van der Waals surface area contributed by atoms with Gasteiger partial charge in [-0.15, -0.1) is 0 Å². The van der Waals surface area contributed by atoms with Gasteiger partial charge in [-0.2, -0.15) is 0 Å². The van der Waals surface area contributed by atoms with E-state index in [0.29, 0.717) is 24.6 Å². The first kappa shape index (κ1) is 16.4. The van der Waals surface area contributed by atoms with Crippen LogP contribution in [0.5, 0.6) is 0 Å². The Hall–Kier alpha value is -2.07. The maximum atomic E-state index is 13.9. The van der Waals surface area contributed by atoms with Crippen molar-refractivity contribution in [2.75, 3.05) is 0 Å². The molecule has 1 saturated heterocycles. The van der Waals surface area contributed by atoms with E-state index in [0.717, 1.165) is 37.4 Å². The summed E-state index contributed by atoms with van der Waals surface area (Å²) in [4.78, 5) is 2.50. The maximum Gasteiger partial charge on any atom is 0.161 e. The van der Waals surface area contributed by atoms with Crippen LogP contribution in [0.15, 0.2) is 54.1 Å². The van der Waals surface area contributed by atoms with Crippen LogP contribution in [0.3, 0.4) is 0 Å². The van der Waals surface area contributed by atoms with E-state index in [4.69, 9.17) is 0 Å². The molecule has 4 rings (SSSR count). The number of halogens is 3. The second kappa shape index (κ2) is 6.68. The van der Waals surface area contributed by atoms with Crippen molar-refractivity contribution in [1.29, 1.82) is 0 Å².